The van der Waals surface area contributed by atoms with Crippen molar-refractivity contribution < 1.29 is 14.4 Å². The van der Waals surface area contributed by atoms with Crippen molar-refractivity contribution in [2.45, 2.75) is 33.1 Å². The lowest BCUT2D eigenvalue weighted by molar-refractivity contribution is -0.114. The maximum absolute atomic E-state index is 12.9. The van der Waals surface area contributed by atoms with Gasteiger partial charge in [0.2, 0.25) is 5.91 Å². The van der Waals surface area contributed by atoms with E-state index in [9.17, 15) is 14.4 Å². The summed E-state index contributed by atoms with van der Waals surface area (Å²) in [5.74, 6) is -0.698. The quantitative estimate of drug-likeness (QED) is 0.475. The summed E-state index contributed by atoms with van der Waals surface area (Å²) < 4.78 is 0. The highest BCUT2D eigenvalue weighted by molar-refractivity contribution is 7.17. The number of hydrogen-bond donors (Lipinski definition) is 2. The summed E-state index contributed by atoms with van der Waals surface area (Å²) in [6.45, 7) is 4.10. The molecule has 2 aromatic rings. The lowest BCUT2D eigenvalue weighted by atomic mass is 9.91. The van der Waals surface area contributed by atoms with Crippen LogP contribution in [0, 0.1) is 5.92 Å². The van der Waals surface area contributed by atoms with Crippen LogP contribution in [-0.4, -0.2) is 34.0 Å². The van der Waals surface area contributed by atoms with Crippen LogP contribution in [0.2, 0.25) is 0 Å². The Bertz CT molecular complexity index is 845. The number of aromatic nitrogens is 2. The van der Waals surface area contributed by atoms with E-state index in [1.54, 1.807) is 12.1 Å². The highest BCUT2D eigenvalue weighted by Crippen LogP contribution is 2.32. The highest BCUT2D eigenvalue weighted by atomic mass is 32.1. The monoisotopic (exact) mass is 372 g/mol. The first kappa shape index (κ1) is 18.2. The Balaban J connectivity index is 1.83. The Morgan fingerprint density at radius 2 is 2.15 bits per heavy atom. The van der Waals surface area contributed by atoms with E-state index >= 15 is 0 Å². The number of hydrogen-bond acceptors (Lipinski definition) is 7. The molecule has 0 aliphatic heterocycles. The van der Waals surface area contributed by atoms with Crippen LogP contribution < -0.4 is 10.6 Å². The zero-order valence-electron chi connectivity index (χ0n) is 14.7. The number of nitrogens with one attached hydrogen (secondary N) is 2. The van der Waals surface area contributed by atoms with Gasteiger partial charge in [-0.25, -0.2) is 9.97 Å². The standard InChI is InChI=1S/C18H20N4O3S/c1-3-19-14-8-7-11(9-20-14)15(24)12-5-4-6-13-17(16(12)25)26-18(22-13)21-10(2)23/h7-9,12H,3-6H2,1-2H3,(H,19,20)(H,21,22,23). The minimum atomic E-state index is -0.728. The van der Waals surface area contributed by atoms with Crippen molar-refractivity contribution >= 4 is 39.8 Å². The van der Waals surface area contributed by atoms with Gasteiger partial charge >= 0.3 is 0 Å². The van der Waals surface area contributed by atoms with Crippen LogP contribution in [0.1, 0.15) is 52.4 Å². The second-order valence-electron chi connectivity index (χ2n) is 6.11. The van der Waals surface area contributed by atoms with Crippen LogP contribution in [0.15, 0.2) is 18.3 Å². The van der Waals surface area contributed by atoms with Crippen LogP contribution in [0.25, 0.3) is 0 Å². The average molecular weight is 372 g/mol. The molecule has 0 radical (unpaired) electrons. The molecule has 0 bridgehead atoms. The first-order valence-corrected chi connectivity index (χ1v) is 9.37. The van der Waals surface area contributed by atoms with Crippen molar-refractivity contribution in [1.82, 2.24) is 9.97 Å². The third-order valence-electron chi connectivity index (χ3n) is 4.15. The maximum Gasteiger partial charge on any atom is 0.223 e. The smallest absolute Gasteiger partial charge is 0.223 e. The molecule has 3 rings (SSSR count). The van der Waals surface area contributed by atoms with E-state index in [1.807, 2.05) is 6.92 Å². The molecule has 1 atom stereocenters. The molecular weight excluding hydrogens is 352 g/mol. The Hall–Kier alpha value is -2.61. The van der Waals surface area contributed by atoms with Gasteiger partial charge in [0.25, 0.3) is 0 Å². The van der Waals surface area contributed by atoms with E-state index in [-0.39, 0.29) is 17.5 Å². The fourth-order valence-corrected chi connectivity index (χ4v) is 4.01. The number of carbonyl (C=O) groups excluding carboxylic acids is 3. The summed E-state index contributed by atoms with van der Waals surface area (Å²) in [5.41, 5.74) is 1.10. The van der Waals surface area contributed by atoms with Gasteiger partial charge in [0.1, 0.15) is 5.82 Å². The van der Waals surface area contributed by atoms with Gasteiger partial charge in [-0.05, 0) is 38.3 Å². The molecule has 2 N–H and O–H groups in total. The summed E-state index contributed by atoms with van der Waals surface area (Å²) in [6.07, 6.45) is 3.32. The normalized spacial score (nSPS) is 16.5. The molecule has 2 aromatic heterocycles. The van der Waals surface area contributed by atoms with Gasteiger partial charge in [-0.15, -0.1) is 0 Å². The molecule has 8 heteroatoms. The molecule has 0 spiro atoms. The molecule has 1 aliphatic rings. The summed E-state index contributed by atoms with van der Waals surface area (Å²) >= 11 is 1.14. The third kappa shape index (κ3) is 3.80. The van der Waals surface area contributed by atoms with Gasteiger partial charge in [-0.3, -0.25) is 14.4 Å². The largest absolute Gasteiger partial charge is 0.370 e. The molecule has 136 valence electrons. The molecule has 1 aliphatic carbocycles. The van der Waals surface area contributed by atoms with Gasteiger partial charge in [0, 0.05) is 25.2 Å². The zero-order valence-corrected chi connectivity index (χ0v) is 15.5. The zero-order chi connectivity index (χ0) is 18.7. The van der Waals surface area contributed by atoms with Crippen molar-refractivity contribution in [3.63, 3.8) is 0 Å². The van der Waals surface area contributed by atoms with Gasteiger partial charge in [-0.1, -0.05) is 11.3 Å². The average Bonchev–Trinajstić information content (AvgIpc) is 2.94. The minimum absolute atomic E-state index is 0.215. The molecule has 0 saturated heterocycles. The second-order valence-corrected chi connectivity index (χ2v) is 7.11. The molecule has 0 aromatic carbocycles. The number of thiazole rings is 1. The van der Waals surface area contributed by atoms with Gasteiger partial charge in [-0.2, -0.15) is 0 Å². The fourth-order valence-electron chi connectivity index (χ4n) is 2.96. The van der Waals surface area contributed by atoms with E-state index in [1.165, 1.54) is 13.1 Å². The van der Waals surface area contributed by atoms with E-state index < -0.39 is 5.92 Å². The van der Waals surface area contributed by atoms with Crippen LogP contribution in [0.3, 0.4) is 0 Å². The number of rotatable bonds is 5. The molecule has 2 heterocycles. The van der Waals surface area contributed by atoms with Crippen molar-refractivity contribution in [1.29, 1.82) is 0 Å². The first-order valence-electron chi connectivity index (χ1n) is 8.55. The molecule has 1 amide bonds. The molecule has 26 heavy (non-hydrogen) atoms. The van der Waals surface area contributed by atoms with E-state index in [0.29, 0.717) is 46.3 Å². The van der Waals surface area contributed by atoms with Gasteiger partial charge < -0.3 is 10.6 Å². The van der Waals surface area contributed by atoms with Crippen LogP contribution >= 0.6 is 11.3 Å². The predicted octanol–water partition coefficient (Wildman–Crippen LogP) is 2.95. The van der Waals surface area contributed by atoms with Crippen molar-refractivity contribution in [3.05, 3.63) is 34.5 Å². The van der Waals surface area contributed by atoms with E-state index in [0.717, 1.165) is 17.9 Å². The number of ketones is 2. The Morgan fingerprint density at radius 3 is 2.81 bits per heavy atom. The van der Waals surface area contributed by atoms with Crippen molar-refractivity contribution in [3.8, 4) is 0 Å². The second kappa shape index (κ2) is 7.74. The molecular formula is C18H20N4O3S. The third-order valence-corrected chi connectivity index (χ3v) is 5.18. The fraction of sp³-hybridized carbons (Fsp3) is 0.389. The number of nitrogens with zero attached hydrogens (tertiary/aromatic N) is 2. The first-order chi connectivity index (χ1) is 12.5. The number of aryl methyl sites for hydroxylation is 1. The minimum Gasteiger partial charge on any atom is -0.370 e. The Kier molecular flexibility index (Phi) is 5.41. The van der Waals surface area contributed by atoms with Crippen molar-refractivity contribution in [2.24, 2.45) is 5.92 Å². The summed E-state index contributed by atoms with van der Waals surface area (Å²) in [6, 6.07) is 3.44. The lowest BCUT2D eigenvalue weighted by Crippen LogP contribution is -2.23. The number of pyridine rings is 1. The van der Waals surface area contributed by atoms with Gasteiger partial charge in [0.05, 0.1) is 16.5 Å². The van der Waals surface area contributed by atoms with Crippen LogP contribution in [0.4, 0.5) is 10.9 Å². The predicted molar refractivity (Wildman–Crippen MR) is 99.9 cm³/mol. The van der Waals surface area contributed by atoms with Crippen LogP contribution in [-0.2, 0) is 11.2 Å². The lowest BCUT2D eigenvalue weighted by Gasteiger charge is -2.12. The van der Waals surface area contributed by atoms with Crippen molar-refractivity contribution in [2.75, 3.05) is 17.2 Å². The number of Topliss-reactive ketones (excluding diaryl/α,β-unsaturated/α-hetero) is 2. The summed E-state index contributed by atoms with van der Waals surface area (Å²) in [4.78, 5) is 46.0. The summed E-state index contributed by atoms with van der Waals surface area (Å²) in [7, 11) is 0. The number of amides is 1. The topological polar surface area (TPSA) is 101 Å². The molecule has 7 nitrogen and oxygen atoms in total. The Morgan fingerprint density at radius 1 is 1.35 bits per heavy atom. The van der Waals surface area contributed by atoms with Gasteiger partial charge in [0.15, 0.2) is 16.7 Å². The highest BCUT2D eigenvalue weighted by Gasteiger charge is 2.34. The molecule has 0 saturated carbocycles. The Labute approximate surface area is 155 Å². The maximum atomic E-state index is 12.9. The summed E-state index contributed by atoms with van der Waals surface area (Å²) in [5, 5.41) is 6.09. The molecule has 1 unspecified atom stereocenters. The van der Waals surface area contributed by atoms with Crippen LogP contribution in [0.5, 0.6) is 0 Å². The van der Waals surface area contributed by atoms with E-state index in [2.05, 4.69) is 20.6 Å². The van der Waals surface area contributed by atoms with E-state index in [4.69, 9.17) is 0 Å². The number of fused-ring (bicyclic) bond motifs is 1. The SMILES string of the molecule is CCNc1ccc(C(=O)C2CCCc3nc(NC(C)=O)sc3C2=O)cn1. The number of anilines is 2. The molecule has 0 fully saturated rings. The number of carbonyl (C=O) groups is 3.